The van der Waals surface area contributed by atoms with Gasteiger partial charge in [0.1, 0.15) is 30.2 Å². The van der Waals surface area contributed by atoms with E-state index in [4.69, 9.17) is 28.1 Å². The van der Waals surface area contributed by atoms with Crippen molar-refractivity contribution in [3.63, 3.8) is 0 Å². The normalized spacial score (nSPS) is 32.0. The van der Waals surface area contributed by atoms with Gasteiger partial charge in [-0.05, 0) is 109 Å². The van der Waals surface area contributed by atoms with E-state index in [1.807, 2.05) is 6.07 Å². The van der Waals surface area contributed by atoms with Gasteiger partial charge in [0.15, 0.2) is 11.5 Å². The summed E-state index contributed by atoms with van der Waals surface area (Å²) in [6.45, 7) is 1.92. The van der Waals surface area contributed by atoms with Crippen LogP contribution in [0, 0.1) is 17.3 Å². The Morgan fingerprint density at radius 3 is 2.60 bits per heavy atom. The standard InChI is InChI=1S/C35H46N4O13S/c1-35-11-10-23-22-6-4-21(16-19(22)2-5-24(23)25(35)7-9-29(35)41)51-53(46,47)52-27-17-20(33(45)37-12-14-48-15-13-38-39-36)3-8-26(27)49-34-32(44)31(43)30(42)28(18-40)50-34/h3-4,6,8,16-17,23-25,28-32,34,40-44H,2,5,7,9-15,18H2,1H3,(H,37,45)/t23-,24-,25+,28-,29+,30+,31+,32-,34-,35+/m1/s1. The van der Waals surface area contributed by atoms with Gasteiger partial charge in [-0.1, -0.05) is 18.1 Å². The lowest BCUT2D eigenvalue weighted by Gasteiger charge is -2.50. The lowest BCUT2D eigenvalue weighted by Crippen LogP contribution is -2.60. The molecular weight excluding hydrogens is 716 g/mol. The number of fused-ring (bicyclic) bond motifs is 5. The first kappa shape index (κ1) is 39.0. The van der Waals surface area contributed by atoms with E-state index in [9.17, 15) is 38.7 Å². The highest BCUT2D eigenvalue weighted by molar-refractivity contribution is 7.82. The molecule has 17 nitrogen and oxygen atoms in total. The molecule has 2 aromatic carbocycles. The third kappa shape index (κ3) is 8.35. The maximum Gasteiger partial charge on any atom is 0.501 e. The van der Waals surface area contributed by atoms with Crippen LogP contribution in [-0.4, -0.2) is 110 Å². The fraction of sp³-hybridized carbons (Fsp3) is 0.629. The van der Waals surface area contributed by atoms with E-state index in [0.29, 0.717) is 17.8 Å². The zero-order chi connectivity index (χ0) is 37.9. The Bertz CT molecular complexity index is 1790. The Hall–Kier alpha value is -3.71. The Balaban J connectivity index is 1.19. The minimum Gasteiger partial charge on any atom is -0.458 e. The van der Waals surface area contributed by atoms with Crippen molar-refractivity contribution >= 4 is 16.3 Å². The van der Waals surface area contributed by atoms with E-state index < -0.39 is 59.4 Å². The van der Waals surface area contributed by atoms with Crippen molar-refractivity contribution in [2.24, 2.45) is 22.4 Å². The fourth-order valence-corrected chi connectivity index (χ4v) is 9.24. The van der Waals surface area contributed by atoms with Crippen LogP contribution in [0.15, 0.2) is 41.5 Å². The number of rotatable bonds is 14. The molecule has 1 amide bonds. The van der Waals surface area contributed by atoms with Crippen LogP contribution in [0.3, 0.4) is 0 Å². The molecule has 53 heavy (non-hydrogen) atoms. The van der Waals surface area contributed by atoms with Crippen molar-refractivity contribution in [1.29, 1.82) is 0 Å². The molecule has 0 radical (unpaired) electrons. The minimum absolute atomic E-state index is 0.0184. The highest BCUT2D eigenvalue weighted by Gasteiger charge is 2.54. The summed E-state index contributed by atoms with van der Waals surface area (Å²) in [4.78, 5) is 15.6. The topological polar surface area (TPSA) is 259 Å². The van der Waals surface area contributed by atoms with Crippen molar-refractivity contribution in [2.75, 3.05) is 32.9 Å². The molecule has 1 saturated heterocycles. The van der Waals surface area contributed by atoms with Crippen LogP contribution >= 0.6 is 0 Å². The van der Waals surface area contributed by atoms with Gasteiger partial charge in [-0.3, -0.25) is 4.79 Å². The predicted octanol–water partition coefficient (Wildman–Crippen LogP) is 1.84. The number of amides is 1. The number of nitrogens with zero attached hydrogens (tertiary/aromatic N) is 3. The van der Waals surface area contributed by atoms with Gasteiger partial charge in [0.25, 0.3) is 5.91 Å². The molecule has 1 heterocycles. The lowest BCUT2D eigenvalue weighted by molar-refractivity contribution is -0.277. The second-order valence-corrected chi connectivity index (χ2v) is 15.4. The van der Waals surface area contributed by atoms with Gasteiger partial charge in [0.2, 0.25) is 6.29 Å². The van der Waals surface area contributed by atoms with Crippen LogP contribution < -0.4 is 18.4 Å². The number of aliphatic hydroxyl groups is 5. The van der Waals surface area contributed by atoms with Crippen molar-refractivity contribution < 1.29 is 61.3 Å². The molecule has 2 saturated carbocycles. The van der Waals surface area contributed by atoms with Gasteiger partial charge in [0.05, 0.1) is 25.9 Å². The van der Waals surface area contributed by atoms with E-state index in [2.05, 4.69) is 22.3 Å². The van der Waals surface area contributed by atoms with Crippen molar-refractivity contribution in [1.82, 2.24) is 5.32 Å². The molecule has 6 N–H and O–H groups in total. The van der Waals surface area contributed by atoms with Crippen LogP contribution in [0.25, 0.3) is 10.4 Å². The summed E-state index contributed by atoms with van der Waals surface area (Å²) < 4.78 is 53.9. The number of nitrogens with one attached hydrogen (secondary N) is 1. The zero-order valence-corrected chi connectivity index (χ0v) is 30.0. The van der Waals surface area contributed by atoms with Gasteiger partial charge in [-0.15, -0.1) is 8.42 Å². The number of azide groups is 1. The number of hydrogen-bond donors (Lipinski definition) is 6. The van der Waals surface area contributed by atoms with E-state index in [-0.39, 0.29) is 54.9 Å². The molecule has 18 heteroatoms. The Kier molecular flexibility index (Phi) is 12.0. The molecule has 290 valence electrons. The Morgan fingerprint density at radius 1 is 1.02 bits per heavy atom. The molecule has 1 aliphatic heterocycles. The highest BCUT2D eigenvalue weighted by atomic mass is 32.3. The molecule has 10 atom stereocenters. The van der Waals surface area contributed by atoms with Crippen LogP contribution in [0.1, 0.15) is 66.4 Å². The largest absolute Gasteiger partial charge is 0.501 e. The number of aliphatic hydroxyl groups excluding tert-OH is 5. The molecule has 0 spiro atoms. The first-order chi connectivity index (χ1) is 25.3. The van der Waals surface area contributed by atoms with Gasteiger partial charge in [-0.25, -0.2) is 0 Å². The maximum atomic E-state index is 13.4. The van der Waals surface area contributed by atoms with Crippen LogP contribution in [-0.2, 0) is 26.3 Å². The van der Waals surface area contributed by atoms with E-state index in [1.165, 1.54) is 12.1 Å². The second-order valence-electron chi connectivity index (χ2n) is 14.3. The highest BCUT2D eigenvalue weighted by Crippen LogP contribution is 2.61. The average molecular weight is 763 g/mol. The summed E-state index contributed by atoms with van der Waals surface area (Å²) in [7, 11) is -4.88. The first-order valence-electron chi connectivity index (χ1n) is 17.8. The quantitative estimate of drug-likeness (QED) is 0.0696. The number of carbonyl (C=O) groups excluding carboxylic acids is 1. The average Bonchev–Trinajstić information content (AvgIpc) is 3.44. The molecule has 0 unspecified atom stereocenters. The number of hydrogen-bond acceptors (Lipinski definition) is 14. The van der Waals surface area contributed by atoms with Crippen molar-refractivity contribution in [2.45, 2.75) is 88.2 Å². The van der Waals surface area contributed by atoms with E-state index >= 15 is 0 Å². The molecule has 6 rings (SSSR count). The summed E-state index contributed by atoms with van der Waals surface area (Å²) in [6.07, 6.45) is -3.19. The van der Waals surface area contributed by atoms with Gasteiger partial charge >= 0.3 is 10.4 Å². The van der Waals surface area contributed by atoms with Gasteiger partial charge < -0.3 is 53.4 Å². The summed E-state index contributed by atoms with van der Waals surface area (Å²) in [5.41, 5.74) is 10.4. The second kappa shape index (κ2) is 16.3. The summed E-state index contributed by atoms with van der Waals surface area (Å²) >= 11 is 0. The molecule has 0 aromatic heterocycles. The third-order valence-corrected chi connectivity index (χ3v) is 12.0. The SMILES string of the molecule is C[C@]12CC[C@@H]3c4ccc(OS(=O)(=O)Oc5cc(C(=O)NCCOCCN=[N+]=[N-])ccc5O[C@@H]5O[C@H](CO)[C@H](O)[C@H](O)[C@H]5O)cc4CC[C@H]3[C@@H]1CC[C@@H]2O. The van der Waals surface area contributed by atoms with Crippen molar-refractivity contribution in [3.8, 4) is 17.2 Å². The summed E-state index contributed by atoms with van der Waals surface area (Å²) in [5, 5.41) is 57.2. The Labute approximate surface area is 306 Å². The number of benzene rings is 2. The van der Waals surface area contributed by atoms with Crippen LogP contribution in [0.5, 0.6) is 17.2 Å². The first-order valence-corrected chi connectivity index (χ1v) is 19.1. The molecule has 3 fully saturated rings. The van der Waals surface area contributed by atoms with Gasteiger partial charge in [0, 0.05) is 23.6 Å². The minimum atomic E-state index is -4.88. The molecule has 2 aromatic rings. The summed E-state index contributed by atoms with van der Waals surface area (Å²) in [6, 6.07) is 8.70. The smallest absolute Gasteiger partial charge is 0.458 e. The van der Waals surface area contributed by atoms with Crippen molar-refractivity contribution in [3.05, 3.63) is 63.5 Å². The molecule has 4 aliphatic rings. The maximum absolute atomic E-state index is 13.4. The third-order valence-electron chi connectivity index (χ3n) is 11.3. The Morgan fingerprint density at radius 2 is 1.83 bits per heavy atom. The van der Waals surface area contributed by atoms with E-state index in [0.717, 1.165) is 55.7 Å². The van der Waals surface area contributed by atoms with Gasteiger partial charge in [-0.2, -0.15) is 0 Å². The number of carbonyl (C=O) groups is 1. The van der Waals surface area contributed by atoms with Crippen LogP contribution in [0.4, 0.5) is 0 Å². The summed E-state index contributed by atoms with van der Waals surface area (Å²) in [5.74, 6) is -0.276. The van der Waals surface area contributed by atoms with E-state index in [1.54, 1.807) is 12.1 Å². The van der Waals surface area contributed by atoms with Crippen LogP contribution in [0.2, 0.25) is 0 Å². The number of aryl methyl sites for hydroxylation is 1. The number of ether oxygens (including phenoxy) is 3. The predicted molar refractivity (Wildman–Crippen MR) is 185 cm³/mol. The fourth-order valence-electron chi connectivity index (χ4n) is 8.52. The monoisotopic (exact) mass is 762 g/mol. The molecule has 3 aliphatic carbocycles. The zero-order valence-electron chi connectivity index (χ0n) is 29.2. The molecular formula is C35H46N4O13S. The lowest BCUT2D eigenvalue weighted by atomic mass is 9.55. The molecule has 0 bridgehead atoms.